The molecule has 20 heavy (non-hydrogen) atoms. The Balaban J connectivity index is 2.65. The Kier molecular flexibility index (Phi) is 3.74. The van der Waals surface area contributed by atoms with Crippen molar-refractivity contribution in [3.8, 4) is 0 Å². The van der Waals surface area contributed by atoms with Crippen LogP contribution >= 0.6 is 0 Å². The van der Waals surface area contributed by atoms with Gasteiger partial charge < -0.3 is 5.32 Å². The number of rotatable bonds is 4. The number of likely N-dealkylation sites (N-methyl/N-ethyl adjacent to an activating group) is 1. The van der Waals surface area contributed by atoms with Crippen LogP contribution in [0.3, 0.4) is 0 Å². The van der Waals surface area contributed by atoms with Crippen molar-refractivity contribution in [2.24, 2.45) is 0 Å². The highest BCUT2D eigenvalue weighted by molar-refractivity contribution is 6.20. The van der Waals surface area contributed by atoms with E-state index in [1.54, 1.807) is 30.3 Å². The topological polar surface area (TPSA) is 78.5 Å². The van der Waals surface area contributed by atoms with Crippen molar-refractivity contribution in [3.05, 3.63) is 35.9 Å². The number of carbonyl (C=O) groups excluding carboxylic acids is 3. The number of nitrogens with zero attached hydrogens (tertiary/aromatic N) is 1. The lowest BCUT2D eigenvalue weighted by Crippen LogP contribution is -2.57. The first kappa shape index (κ1) is 14.0. The van der Waals surface area contributed by atoms with Gasteiger partial charge in [0.1, 0.15) is 0 Å². The van der Waals surface area contributed by atoms with Gasteiger partial charge in [-0.2, -0.15) is 0 Å². The molecule has 106 valence electrons. The first-order valence-corrected chi connectivity index (χ1v) is 6.49. The van der Waals surface area contributed by atoms with Crippen LogP contribution in [0.4, 0.5) is 4.79 Å². The fourth-order valence-corrected chi connectivity index (χ4v) is 2.53. The van der Waals surface area contributed by atoms with Crippen LogP contribution in [0.1, 0.15) is 18.9 Å². The van der Waals surface area contributed by atoms with Crippen molar-refractivity contribution >= 4 is 17.8 Å². The average Bonchev–Trinajstić information content (AvgIpc) is 2.71. The second-order valence-corrected chi connectivity index (χ2v) is 4.57. The molecule has 4 amide bonds. The van der Waals surface area contributed by atoms with Crippen LogP contribution in [0.25, 0.3) is 0 Å². The summed E-state index contributed by atoms with van der Waals surface area (Å²) in [7, 11) is 1.45. The molecule has 0 aliphatic carbocycles. The monoisotopic (exact) mass is 275 g/mol. The molecule has 0 saturated carbocycles. The van der Waals surface area contributed by atoms with Gasteiger partial charge in [-0.05, 0) is 12.0 Å². The van der Waals surface area contributed by atoms with Crippen LogP contribution in [0, 0.1) is 0 Å². The Morgan fingerprint density at radius 1 is 1.30 bits per heavy atom. The molecule has 1 atom stereocenters. The number of hydrogen-bond acceptors (Lipinski definition) is 3. The molecule has 0 radical (unpaired) electrons. The van der Waals surface area contributed by atoms with E-state index in [2.05, 4.69) is 10.6 Å². The predicted octanol–water partition coefficient (Wildman–Crippen LogP) is 0.590. The molecule has 1 aromatic carbocycles. The van der Waals surface area contributed by atoms with Gasteiger partial charge in [-0.3, -0.25) is 19.8 Å². The van der Waals surface area contributed by atoms with Gasteiger partial charge in [0.05, 0.1) is 0 Å². The quantitative estimate of drug-likeness (QED) is 0.623. The normalized spacial score (nSPS) is 21.8. The van der Waals surface area contributed by atoms with Gasteiger partial charge in [0, 0.05) is 13.6 Å². The zero-order valence-corrected chi connectivity index (χ0v) is 11.5. The SMILES string of the molecule is CCCN1C(=O)NC(=O)C1(C(=O)NC)c1ccccc1. The smallest absolute Gasteiger partial charge is 0.325 e. The van der Waals surface area contributed by atoms with E-state index in [9.17, 15) is 14.4 Å². The Labute approximate surface area is 117 Å². The molecule has 2 N–H and O–H groups in total. The highest BCUT2D eigenvalue weighted by Crippen LogP contribution is 2.33. The van der Waals surface area contributed by atoms with Gasteiger partial charge in [0.25, 0.3) is 11.8 Å². The van der Waals surface area contributed by atoms with Gasteiger partial charge >= 0.3 is 6.03 Å². The highest BCUT2D eigenvalue weighted by atomic mass is 16.2. The van der Waals surface area contributed by atoms with E-state index in [1.165, 1.54) is 11.9 Å². The van der Waals surface area contributed by atoms with E-state index in [0.29, 0.717) is 18.5 Å². The molecule has 0 bridgehead atoms. The zero-order chi connectivity index (χ0) is 14.8. The Bertz CT molecular complexity index is 544. The molecule has 1 unspecified atom stereocenters. The van der Waals surface area contributed by atoms with Crippen LogP contribution in [-0.2, 0) is 15.1 Å². The Hall–Kier alpha value is -2.37. The number of carbonyl (C=O) groups is 3. The van der Waals surface area contributed by atoms with Crippen molar-refractivity contribution in [1.29, 1.82) is 0 Å². The summed E-state index contributed by atoms with van der Waals surface area (Å²) in [6.45, 7) is 2.20. The van der Waals surface area contributed by atoms with Crippen molar-refractivity contribution < 1.29 is 14.4 Å². The van der Waals surface area contributed by atoms with Gasteiger partial charge in [0.15, 0.2) is 0 Å². The van der Waals surface area contributed by atoms with Crippen LogP contribution in [0.5, 0.6) is 0 Å². The van der Waals surface area contributed by atoms with E-state index >= 15 is 0 Å². The molecular formula is C14H17N3O3. The largest absolute Gasteiger partial charge is 0.356 e. The van der Waals surface area contributed by atoms with Gasteiger partial charge in [0.2, 0.25) is 5.54 Å². The second kappa shape index (κ2) is 5.32. The molecule has 1 aliphatic rings. The summed E-state index contributed by atoms with van der Waals surface area (Å²) in [6, 6.07) is 8.08. The highest BCUT2D eigenvalue weighted by Gasteiger charge is 2.59. The molecule has 1 fully saturated rings. The second-order valence-electron chi connectivity index (χ2n) is 4.57. The van der Waals surface area contributed by atoms with Gasteiger partial charge in [-0.15, -0.1) is 0 Å². The summed E-state index contributed by atoms with van der Waals surface area (Å²) < 4.78 is 0. The van der Waals surface area contributed by atoms with Crippen LogP contribution < -0.4 is 10.6 Å². The third-order valence-electron chi connectivity index (χ3n) is 3.39. The van der Waals surface area contributed by atoms with Crippen LogP contribution in [0.15, 0.2) is 30.3 Å². The molecule has 0 aromatic heterocycles. The van der Waals surface area contributed by atoms with Crippen molar-refractivity contribution in [2.75, 3.05) is 13.6 Å². The van der Waals surface area contributed by atoms with E-state index in [4.69, 9.17) is 0 Å². The maximum atomic E-state index is 12.4. The number of amides is 4. The lowest BCUT2D eigenvalue weighted by Gasteiger charge is -2.33. The first-order chi connectivity index (χ1) is 9.58. The number of benzene rings is 1. The molecule has 1 heterocycles. The predicted molar refractivity (Wildman–Crippen MR) is 72.7 cm³/mol. The Morgan fingerprint density at radius 2 is 1.95 bits per heavy atom. The maximum Gasteiger partial charge on any atom is 0.325 e. The number of nitrogens with one attached hydrogen (secondary N) is 2. The third kappa shape index (κ3) is 1.84. The number of urea groups is 1. The molecule has 2 rings (SSSR count). The average molecular weight is 275 g/mol. The summed E-state index contributed by atoms with van der Waals surface area (Å²) >= 11 is 0. The summed E-state index contributed by atoms with van der Waals surface area (Å²) in [5.41, 5.74) is -1.14. The zero-order valence-electron chi connectivity index (χ0n) is 11.5. The summed E-state index contributed by atoms with van der Waals surface area (Å²) in [4.78, 5) is 38.1. The standard InChI is InChI=1S/C14H17N3O3/c1-3-9-17-13(20)16-12(19)14(17,11(18)15-2)10-7-5-4-6-8-10/h4-8H,3,9H2,1-2H3,(H,15,18)(H,16,19,20). The Morgan fingerprint density at radius 3 is 2.50 bits per heavy atom. The van der Waals surface area contributed by atoms with Crippen molar-refractivity contribution in [1.82, 2.24) is 15.5 Å². The summed E-state index contributed by atoms with van der Waals surface area (Å²) in [6.07, 6.45) is 0.645. The maximum absolute atomic E-state index is 12.4. The number of imide groups is 1. The van der Waals surface area contributed by atoms with Crippen molar-refractivity contribution in [3.63, 3.8) is 0 Å². The lowest BCUT2D eigenvalue weighted by molar-refractivity contribution is -0.140. The summed E-state index contributed by atoms with van der Waals surface area (Å²) in [5.74, 6) is -1.12. The fraction of sp³-hybridized carbons (Fsp3) is 0.357. The van der Waals surface area contributed by atoms with Crippen LogP contribution in [-0.4, -0.2) is 36.3 Å². The van der Waals surface area contributed by atoms with Gasteiger partial charge in [-0.1, -0.05) is 37.3 Å². The molecule has 1 aliphatic heterocycles. The number of hydrogen-bond donors (Lipinski definition) is 2. The fourth-order valence-electron chi connectivity index (χ4n) is 2.53. The molecule has 1 saturated heterocycles. The molecule has 0 spiro atoms. The minimum absolute atomic E-state index is 0.319. The van der Waals surface area contributed by atoms with Crippen LogP contribution in [0.2, 0.25) is 0 Å². The summed E-state index contributed by atoms with van der Waals surface area (Å²) in [5, 5.41) is 4.74. The van der Waals surface area contributed by atoms with E-state index in [-0.39, 0.29) is 0 Å². The third-order valence-corrected chi connectivity index (χ3v) is 3.39. The van der Waals surface area contributed by atoms with E-state index in [1.807, 2.05) is 6.92 Å². The van der Waals surface area contributed by atoms with E-state index < -0.39 is 23.4 Å². The lowest BCUT2D eigenvalue weighted by atomic mass is 9.87. The molecule has 1 aromatic rings. The first-order valence-electron chi connectivity index (χ1n) is 6.49. The van der Waals surface area contributed by atoms with E-state index in [0.717, 1.165) is 0 Å². The molecule has 6 nitrogen and oxygen atoms in total. The minimum atomic E-state index is -1.62. The van der Waals surface area contributed by atoms with Gasteiger partial charge in [-0.25, -0.2) is 4.79 Å². The minimum Gasteiger partial charge on any atom is -0.356 e. The molecular weight excluding hydrogens is 258 g/mol. The van der Waals surface area contributed by atoms with Crippen molar-refractivity contribution in [2.45, 2.75) is 18.9 Å². The molecule has 6 heteroatoms.